The van der Waals surface area contributed by atoms with E-state index >= 15 is 0 Å². The average Bonchev–Trinajstić information content (AvgIpc) is 3.26. The zero-order chi connectivity index (χ0) is 24.5. The normalized spacial score (nSPS) is 11.9. The van der Waals surface area contributed by atoms with Gasteiger partial charge in [-0.15, -0.1) is 0 Å². The van der Waals surface area contributed by atoms with Gasteiger partial charge in [0.05, 0.1) is 22.5 Å². The molecule has 0 radical (unpaired) electrons. The van der Waals surface area contributed by atoms with E-state index in [4.69, 9.17) is 0 Å². The van der Waals surface area contributed by atoms with Gasteiger partial charge in [-0.25, -0.2) is 18.1 Å². The molecule has 0 spiro atoms. The number of halogens is 3. The summed E-state index contributed by atoms with van der Waals surface area (Å²) in [5.41, 5.74) is -0.239. The number of amides is 1. The van der Waals surface area contributed by atoms with Crippen LogP contribution in [0.5, 0.6) is 0 Å². The standard InChI is InChI=1S/C22H16F3N5O3S/c1-34(32,33)17-6-2-4-14(10-17)21(31)28-16-7-8-20(27-13-16)30-19(22(23,24)25)11-18(29-30)15-5-3-9-26-12-15/h2-13H,1H3,(H,28,31). The molecule has 0 bridgehead atoms. The minimum Gasteiger partial charge on any atom is -0.321 e. The number of anilines is 1. The van der Waals surface area contributed by atoms with Crippen molar-refractivity contribution in [2.45, 2.75) is 11.1 Å². The van der Waals surface area contributed by atoms with Crippen LogP contribution in [-0.4, -0.2) is 40.3 Å². The van der Waals surface area contributed by atoms with Gasteiger partial charge in [0.25, 0.3) is 5.91 Å². The van der Waals surface area contributed by atoms with Gasteiger partial charge in [0.1, 0.15) is 0 Å². The van der Waals surface area contributed by atoms with Gasteiger partial charge < -0.3 is 5.32 Å². The number of pyridine rings is 2. The van der Waals surface area contributed by atoms with Crippen molar-refractivity contribution >= 4 is 21.4 Å². The molecule has 34 heavy (non-hydrogen) atoms. The van der Waals surface area contributed by atoms with Crippen molar-refractivity contribution in [2.24, 2.45) is 0 Å². The zero-order valence-corrected chi connectivity index (χ0v) is 18.3. The molecule has 8 nitrogen and oxygen atoms in total. The Bertz CT molecular complexity index is 1450. The van der Waals surface area contributed by atoms with Crippen LogP contribution in [-0.2, 0) is 16.0 Å². The maximum Gasteiger partial charge on any atom is 0.433 e. The summed E-state index contributed by atoms with van der Waals surface area (Å²) in [6, 6.07) is 12.2. The smallest absolute Gasteiger partial charge is 0.321 e. The number of nitrogens with zero attached hydrogens (tertiary/aromatic N) is 4. The first-order chi connectivity index (χ1) is 16.0. The summed E-state index contributed by atoms with van der Waals surface area (Å²) in [7, 11) is -3.50. The van der Waals surface area contributed by atoms with Crippen LogP contribution in [0.3, 0.4) is 0 Å². The van der Waals surface area contributed by atoms with Crippen molar-refractivity contribution < 1.29 is 26.4 Å². The molecule has 0 aliphatic carbocycles. The summed E-state index contributed by atoms with van der Waals surface area (Å²) in [5.74, 6) is -0.714. The molecule has 0 saturated carbocycles. The number of rotatable bonds is 5. The van der Waals surface area contributed by atoms with Crippen LogP contribution in [0.2, 0.25) is 0 Å². The third-order valence-corrected chi connectivity index (χ3v) is 5.81. The second-order valence-electron chi connectivity index (χ2n) is 7.23. The first kappa shape index (κ1) is 23.1. The molecular weight excluding hydrogens is 471 g/mol. The number of aromatic nitrogens is 4. The number of nitrogens with one attached hydrogen (secondary N) is 1. The fourth-order valence-corrected chi connectivity index (χ4v) is 3.74. The molecule has 4 aromatic rings. The van der Waals surface area contributed by atoms with Crippen LogP contribution in [0.15, 0.2) is 78.1 Å². The number of carbonyl (C=O) groups excluding carboxylic acids is 1. The summed E-state index contributed by atoms with van der Waals surface area (Å²) in [6.45, 7) is 0. The zero-order valence-electron chi connectivity index (χ0n) is 17.5. The Hall–Kier alpha value is -4.06. The Morgan fingerprint density at radius 2 is 1.82 bits per heavy atom. The fraction of sp³-hybridized carbons (Fsp3) is 0.0909. The molecular formula is C22H16F3N5O3S. The maximum atomic E-state index is 13.6. The van der Waals surface area contributed by atoms with Gasteiger partial charge in [0.15, 0.2) is 21.3 Å². The summed E-state index contributed by atoms with van der Waals surface area (Å²) in [5, 5.41) is 6.57. The average molecular weight is 487 g/mol. The number of carbonyl (C=O) groups is 1. The van der Waals surface area contributed by atoms with Gasteiger partial charge in [-0.3, -0.25) is 9.78 Å². The molecule has 3 heterocycles. The van der Waals surface area contributed by atoms with Crippen LogP contribution < -0.4 is 5.32 Å². The van der Waals surface area contributed by atoms with Crippen LogP contribution in [0, 0.1) is 0 Å². The minimum absolute atomic E-state index is 0.0172. The first-order valence-electron chi connectivity index (χ1n) is 9.68. The molecule has 1 amide bonds. The van der Waals surface area contributed by atoms with E-state index in [0.717, 1.165) is 12.3 Å². The largest absolute Gasteiger partial charge is 0.433 e. The number of sulfone groups is 1. The molecule has 0 fully saturated rings. The quantitative estimate of drug-likeness (QED) is 0.456. The van der Waals surface area contributed by atoms with Crippen LogP contribution >= 0.6 is 0 Å². The molecule has 174 valence electrons. The summed E-state index contributed by atoms with van der Waals surface area (Å²) in [6.07, 6.45) is 0.414. The third kappa shape index (κ3) is 4.96. The van der Waals surface area contributed by atoms with E-state index in [-0.39, 0.29) is 27.7 Å². The highest BCUT2D eigenvalue weighted by Gasteiger charge is 2.36. The number of hydrogen-bond acceptors (Lipinski definition) is 6. The Balaban J connectivity index is 1.61. The highest BCUT2D eigenvalue weighted by molar-refractivity contribution is 7.90. The summed E-state index contributed by atoms with van der Waals surface area (Å²) in [4.78, 5) is 20.4. The Labute approximate surface area is 192 Å². The van der Waals surface area contributed by atoms with E-state index in [9.17, 15) is 26.4 Å². The maximum absolute atomic E-state index is 13.6. The van der Waals surface area contributed by atoms with Crippen molar-refractivity contribution in [3.8, 4) is 17.1 Å². The van der Waals surface area contributed by atoms with E-state index in [0.29, 0.717) is 10.2 Å². The lowest BCUT2D eigenvalue weighted by Gasteiger charge is -2.10. The molecule has 0 aliphatic rings. The van der Waals surface area contributed by atoms with Crippen LogP contribution in [0.1, 0.15) is 16.1 Å². The molecule has 4 rings (SSSR count). The number of alkyl halides is 3. The topological polar surface area (TPSA) is 107 Å². The molecule has 0 atom stereocenters. The van der Waals surface area contributed by atoms with Gasteiger partial charge in [-0.2, -0.15) is 18.3 Å². The van der Waals surface area contributed by atoms with Gasteiger partial charge in [-0.05, 0) is 48.5 Å². The Kier molecular flexibility index (Phi) is 5.92. The molecule has 1 N–H and O–H groups in total. The minimum atomic E-state index is -4.69. The lowest BCUT2D eigenvalue weighted by molar-refractivity contribution is -0.142. The second-order valence-corrected chi connectivity index (χ2v) is 9.24. The molecule has 3 aromatic heterocycles. The van der Waals surface area contributed by atoms with Crippen molar-refractivity contribution in [2.75, 3.05) is 11.6 Å². The van der Waals surface area contributed by atoms with Gasteiger partial charge in [-0.1, -0.05) is 6.07 Å². The molecule has 0 unspecified atom stereocenters. The highest BCUT2D eigenvalue weighted by Crippen LogP contribution is 2.33. The predicted octanol–water partition coefficient (Wildman–Crippen LogP) is 4.00. The van der Waals surface area contributed by atoms with Crippen LogP contribution in [0.4, 0.5) is 18.9 Å². The van der Waals surface area contributed by atoms with Crippen molar-refractivity contribution in [1.82, 2.24) is 19.7 Å². The summed E-state index contributed by atoms with van der Waals surface area (Å²) >= 11 is 0. The number of hydrogen-bond donors (Lipinski definition) is 1. The lowest BCUT2D eigenvalue weighted by atomic mass is 10.2. The Morgan fingerprint density at radius 3 is 2.44 bits per heavy atom. The molecule has 1 aromatic carbocycles. The van der Waals surface area contributed by atoms with E-state index in [1.54, 1.807) is 12.1 Å². The summed E-state index contributed by atoms with van der Waals surface area (Å²) < 4.78 is 64.9. The van der Waals surface area contributed by atoms with E-state index in [2.05, 4.69) is 20.4 Å². The second kappa shape index (κ2) is 8.71. The third-order valence-electron chi connectivity index (χ3n) is 4.70. The van der Waals surface area contributed by atoms with E-state index in [1.165, 1.54) is 55.0 Å². The highest BCUT2D eigenvalue weighted by atomic mass is 32.2. The van der Waals surface area contributed by atoms with Gasteiger partial charge >= 0.3 is 6.18 Å². The molecule has 12 heteroatoms. The van der Waals surface area contributed by atoms with Crippen molar-refractivity contribution in [3.63, 3.8) is 0 Å². The predicted molar refractivity (Wildman–Crippen MR) is 117 cm³/mol. The van der Waals surface area contributed by atoms with Gasteiger partial charge in [0, 0.05) is 29.8 Å². The monoisotopic (exact) mass is 487 g/mol. The van der Waals surface area contributed by atoms with E-state index in [1.807, 2.05) is 0 Å². The fourth-order valence-electron chi connectivity index (χ4n) is 3.07. The Morgan fingerprint density at radius 1 is 1.03 bits per heavy atom. The van der Waals surface area contributed by atoms with Gasteiger partial charge in [0.2, 0.25) is 0 Å². The molecule has 0 aliphatic heterocycles. The number of benzene rings is 1. The SMILES string of the molecule is CS(=O)(=O)c1cccc(C(=O)Nc2ccc(-n3nc(-c4cccnc4)cc3C(F)(F)F)nc2)c1. The first-order valence-corrected chi connectivity index (χ1v) is 11.6. The van der Waals surface area contributed by atoms with Crippen molar-refractivity contribution in [3.05, 3.63) is 84.4 Å². The molecule has 0 saturated heterocycles. The van der Waals surface area contributed by atoms with Crippen molar-refractivity contribution in [1.29, 1.82) is 0 Å². The van der Waals surface area contributed by atoms with Crippen LogP contribution in [0.25, 0.3) is 17.1 Å². The van der Waals surface area contributed by atoms with E-state index < -0.39 is 27.6 Å². The lowest BCUT2D eigenvalue weighted by Crippen LogP contribution is -2.15.